The molecular formula is C20H19ClN4OS. The van der Waals surface area contributed by atoms with Crippen LogP contribution < -0.4 is 4.74 Å². The van der Waals surface area contributed by atoms with Crippen LogP contribution in [0.3, 0.4) is 0 Å². The van der Waals surface area contributed by atoms with Crippen LogP contribution in [0.5, 0.6) is 5.75 Å². The van der Waals surface area contributed by atoms with Gasteiger partial charge in [0.05, 0.1) is 12.7 Å². The van der Waals surface area contributed by atoms with Crippen LogP contribution in [0.4, 0.5) is 0 Å². The van der Waals surface area contributed by atoms with Gasteiger partial charge in [-0.25, -0.2) is 0 Å². The Balaban J connectivity index is 1.99. The summed E-state index contributed by atoms with van der Waals surface area (Å²) in [6.07, 6.45) is 1.34. The molecule has 1 aromatic heterocycles. The maximum atomic E-state index is 8.73. The zero-order valence-electron chi connectivity index (χ0n) is 14.9. The quantitative estimate of drug-likeness (QED) is 0.376. The first-order chi connectivity index (χ1) is 13.2. The smallest absolute Gasteiger partial charge is 0.196 e. The Morgan fingerprint density at radius 3 is 2.70 bits per heavy atom. The molecule has 7 heteroatoms. The summed E-state index contributed by atoms with van der Waals surface area (Å²) in [5.41, 5.74) is 1.84. The van der Waals surface area contributed by atoms with Crippen molar-refractivity contribution in [3.63, 3.8) is 0 Å². The van der Waals surface area contributed by atoms with E-state index in [1.54, 1.807) is 11.8 Å². The van der Waals surface area contributed by atoms with Crippen LogP contribution in [0.2, 0.25) is 5.02 Å². The van der Waals surface area contributed by atoms with Gasteiger partial charge in [0.15, 0.2) is 11.0 Å². The molecule has 0 saturated heterocycles. The van der Waals surface area contributed by atoms with E-state index in [2.05, 4.69) is 16.3 Å². The molecule has 5 nitrogen and oxygen atoms in total. The fourth-order valence-corrected chi connectivity index (χ4v) is 3.66. The fraction of sp³-hybridized carbons (Fsp3) is 0.250. The second kappa shape index (κ2) is 9.45. The molecule has 3 rings (SSSR count). The van der Waals surface area contributed by atoms with Gasteiger partial charge >= 0.3 is 0 Å². The molecule has 138 valence electrons. The Morgan fingerprint density at radius 2 is 2.00 bits per heavy atom. The first-order valence-electron chi connectivity index (χ1n) is 8.67. The number of hydrogen-bond donors (Lipinski definition) is 0. The van der Waals surface area contributed by atoms with E-state index < -0.39 is 0 Å². The van der Waals surface area contributed by atoms with E-state index in [9.17, 15) is 0 Å². The van der Waals surface area contributed by atoms with Crippen molar-refractivity contribution in [3.8, 4) is 28.9 Å². The van der Waals surface area contributed by atoms with Crippen molar-refractivity contribution < 1.29 is 4.74 Å². The largest absolute Gasteiger partial charge is 0.494 e. The van der Waals surface area contributed by atoms with Crippen molar-refractivity contribution in [2.45, 2.75) is 24.9 Å². The number of unbranched alkanes of at least 4 members (excludes halogenated alkanes) is 1. The Morgan fingerprint density at radius 1 is 1.19 bits per heavy atom. The average molecular weight is 399 g/mol. The lowest BCUT2D eigenvalue weighted by Gasteiger charge is -2.11. The second-order valence-corrected chi connectivity index (χ2v) is 7.19. The number of aromatic nitrogens is 3. The molecule has 0 aliphatic rings. The van der Waals surface area contributed by atoms with E-state index in [1.165, 1.54) is 0 Å². The minimum atomic E-state index is 0.533. The predicted octanol–water partition coefficient (Wildman–Crippen LogP) is 5.38. The Labute approximate surface area is 167 Å². The van der Waals surface area contributed by atoms with E-state index in [0.717, 1.165) is 40.2 Å². The van der Waals surface area contributed by atoms with Gasteiger partial charge in [0, 0.05) is 28.4 Å². The van der Waals surface area contributed by atoms with Gasteiger partial charge in [-0.2, -0.15) is 5.26 Å². The van der Waals surface area contributed by atoms with Gasteiger partial charge in [0.25, 0.3) is 0 Å². The molecule has 0 unspecified atom stereocenters. The Hall–Kier alpha value is -2.49. The molecule has 3 aromatic rings. The lowest BCUT2D eigenvalue weighted by Crippen LogP contribution is -2.00. The molecule has 0 atom stereocenters. The summed E-state index contributed by atoms with van der Waals surface area (Å²) < 4.78 is 7.55. The third-order valence-corrected chi connectivity index (χ3v) is 5.04. The molecule has 0 N–H and O–H groups in total. The van der Waals surface area contributed by atoms with Crippen LogP contribution in [0.15, 0.2) is 53.7 Å². The highest BCUT2D eigenvalue weighted by molar-refractivity contribution is 7.99. The van der Waals surface area contributed by atoms with Crippen molar-refractivity contribution in [3.05, 3.63) is 53.6 Å². The zero-order chi connectivity index (χ0) is 19.1. The van der Waals surface area contributed by atoms with E-state index in [-0.39, 0.29) is 0 Å². The first-order valence-corrected chi connectivity index (χ1v) is 10.0. The summed E-state index contributed by atoms with van der Waals surface area (Å²) in [6.45, 7) is 2.58. The monoisotopic (exact) mass is 398 g/mol. The minimum Gasteiger partial charge on any atom is -0.494 e. The van der Waals surface area contributed by atoms with Crippen LogP contribution in [0.1, 0.15) is 19.8 Å². The minimum absolute atomic E-state index is 0.533. The molecule has 0 saturated carbocycles. The summed E-state index contributed by atoms with van der Waals surface area (Å²) in [6, 6.07) is 17.6. The van der Waals surface area contributed by atoms with Crippen LogP contribution >= 0.6 is 23.4 Å². The molecule has 2 aromatic carbocycles. The molecule has 0 fully saturated rings. The number of halogens is 1. The molecule has 0 amide bonds. The number of rotatable bonds is 8. The number of benzene rings is 2. The van der Waals surface area contributed by atoms with Gasteiger partial charge in [-0.3, -0.25) is 4.57 Å². The van der Waals surface area contributed by atoms with Crippen LogP contribution in [-0.4, -0.2) is 27.1 Å². The molecule has 1 heterocycles. The molecule has 0 radical (unpaired) electrons. The van der Waals surface area contributed by atoms with Crippen molar-refractivity contribution in [2.24, 2.45) is 0 Å². The standard InChI is InChI=1S/C20H19ClN4OS/c1-2-26-18-10-8-17(9-11-18)25-19(15-6-5-7-16(21)14-15)23-24-20(25)27-13-4-3-12-22/h5-11,14H,2-4,13H2,1H3. The van der Waals surface area contributed by atoms with Gasteiger partial charge in [-0.15, -0.1) is 10.2 Å². The zero-order valence-corrected chi connectivity index (χ0v) is 16.5. The molecule has 27 heavy (non-hydrogen) atoms. The highest BCUT2D eigenvalue weighted by atomic mass is 35.5. The molecule has 0 aliphatic carbocycles. The highest BCUT2D eigenvalue weighted by Crippen LogP contribution is 2.30. The third kappa shape index (κ3) is 4.82. The number of hydrogen-bond acceptors (Lipinski definition) is 5. The van der Waals surface area contributed by atoms with E-state index in [1.807, 2.05) is 60.0 Å². The Bertz CT molecular complexity index is 934. The second-order valence-electron chi connectivity index (χ2n) is 5.69. The average Bonchev–Trinajstić information content (AvgIpc) is 3.10. The predicted molar refractivity (Wildman–Crippen MR) is 109 cm³/mol. The van der Waals surface area contributed by atoms with Gasteiger partial charge in [0.2, 0.25) is 0 Å². The first kappa shape index (κ1) is 19.3. The van der Waals surface area contributed by atoms with Crippen LogP contribution in [0.25, 0.3) is 17.1 Å². The molecule has 0 bridgehead atoms. The molecule has 0 spiro atoms. The van der Waals surface area contributed by atoms with Crippen molar-refractivity contribution in [1.29, 1.82) is 5.26 Å². The summed E-state index contributed by atoms with van der Waals surface area (Å²) in [5.74, 6) is 2.35. The van der Waals surface area contributed by atoms with Crippen molar-refractivity contribution >= 4 is 23.4 Å². The summed E-state index contributed by atoms with van der Waals surface area (Å²) >= 11 is 7.75. The maximum absolute atomic E-state index is 8.73. The number of ether oxygens (including phenoxy) is 1. The molecular weight excluding hydrogens is 380 g/mol. The van der Waals surface area contributed by atoms with E-state index >= 15 is 0 Å². The highest BCUT2D eigenvalue weighted by Gasteiger charge is 2.16. The number of nitrogens with zero attached hydrogens (tertiary/aromatic N) is 4. The van der Waals surface area contributed by atoms with Gasteiger partial charge < -0.3 is 4.74 Å². The topological polar surface area (TPSA) is 63.7 Å². The van der Waals surface area contributed by atoms with E-state index in [0.29, 0.717) is 18.1 Å². The number of nitriles is 1. The van der Waals surface area contributed by atoms with Gasteiger partial charge in [0.1, 0.15) is 5.75 Å². The Kier molecular flexibility index (Phi) is 6.74. The molecule has 0 aliphatic heterocycles. The third-order valence-electron chi connectivity index (χ3n) is 3.79. The SMILES string of the molecule is CCOc1ccc(-n2c(SCCCC#N)nnc2-c2cccc(Cl)c2)cc1. The lowest BCUT2D eigenvalue weighted by molar-refractivity contribution is 0.340. The maximum Gasteiger partial charge on any atom is 0.196 e. The summed E-state index contributed by atoms with van der Waals surface area (Å²) in [4.78, 5) is 0. The summed E-state index contributed by atoms with van der Waals surface area (Å²) in [5, 5.41) is 18.9. The normalized spacial score (nSPS) is 10.6. The number of thioether (sulfide) groups is 1. The lowest BCUT2D eigenvalue weighted by atomic mass is 10.2. The summed E-state index contributed by atoms with van der Waals surface area (Å²) in [7, 11) is 0. The van der Waals surface area contributed by atoms with Crippen LogP contribution in [0, 0.1) is 11.3 Å². The van der Waals surface area contributed by atoms with Crippen molar-refractivity contribution in [2.75, 3.05) is 12.4 Å². The van der Waals surface area contributed by atoms with E-state index in [4.69, 9.17) is 21.6 Å². The van der Waals surface area contributed by atoms with Crippen molar-refractivity contribution in [1.82, 2.24) is 14.8 Å². The fourth-order valence-electron chi connectivity index (χ4n) is 2.58. The van der Waals surface area contributed by atoms with Gasteiger partial charge in [-0.1, -0.05) is 35.5 Å². The van der Waals surface area contributed by atoms with Crippen LogP contribution in [-0.2, 0) is 0 Å². The van der Waals surface area contributed by atoms with Gasteiger partial charge in [-0.05, 0) is 49.7 Å².